The minimum absolute atomic E-state index is 0.192. The maximum atomic E-state index is 9.26. The Kier molecular flexibility index (Phi) is 5.48. The first kappa shape index (κ1) is 14.6. The van der Waals surface area contributed by atoms with E-state index in [0.29, 0.717) is 0 Å². The molecule has 2 rings (SSSR count). The Hall–Kier alpha value is -0.780. The molecule has 5 heteroatoms. The molecule has 0 bridgehead atoms. The molecule has 1 aliphatic rings. The van der Waals surface area contributed by atoms with Crippen LogP contribution >= 0.6 is 11.7 Å². The van der Waals surface area contributed by atoms with E-state index in [-0.39, 0.29) is 6.10 Å². The van der Waals surface area contributed by atoms with Gasteiger partial charge in [0.1, 0.15) is 5.69 Å². The smallest absolute Gasteiger partial charge is 0.104 e. The summed E-state index contributed by atoms with van der Waals surface area (Å²) in [5, 5.41) is 9.26. The van der Waals surface area contributed by atoms with Gasteiger partial charge in [0, 0.05) is 13.1 Å². The number of unbranched alkanes of at least 4 members (excludes halogenated alkanes) is 1. The van der Waals surface area contributed by atoms with Crippen molar-refractivity contribution in [3.05, 3.63) is 17.5 Å². The standard InChI is InChI=1S/C14H23N3OS/c1-11(18)6-3-4-8-13-14(16-19-15-13)12-7-5-9-17(2)10-12/h7,11,18H,3-6,8-10H2,1-2H3. The first-order valence-corrected chi connectivity index (χ1v) is 7.77. The predicted molar refractivity (Wildman–Crippen MR) is 79.2 cm³/mol. The summed E-state index contributed by atoms with van der Waals surface area (Å²) in [7, 11) is 2.15. The second-order valence-electron chi connectivity index (χ2n) is 5.41. The third kappa shape index (κ3) is 4.37. The fraction of sp³-hybridized carbons (Fsp3) is 0.714. The summed E-state index contributed by atoms with van der Waals surface area (Å²) in [6.45, 7) is 3.95. The van der Waals surface area contributed by atoms with Crippen LogP contribution in [-0.2, 0) is 6.42 Å². The van der Waals surface area contributed by atoms with E-state index < -0.39 is 0 Å². The number of hydrogen-bond acceptors (Lipinski definition) is 5. The zero-order valence-corrected chi connectivity index (χ0v) is 12.6. The molecule has 0 radical (unpaired) electrons. The van der Waals surface area contributed by atoms with E-state index in [1.54, 1.807) is 0 Å². The number of aryl methyl sites for hydroxylation is 1. The molecular formula is C14H23N3OS. The molecule has 106 valence electrons. The van der Waals surface area contributed by atoms with Gasteiger partial charge in [0.2, 0.25) is 0 Å². The Morgan fingerprint density at radius 2 is 2.26 bits per heavy atom. The predicted octanol–water partition coefficient (Wildman–Crippen LogP) is 2.35. The van der Waals surface area contributed by atoms with Gasteiger partial charge in [-0.05, 0) is 45.2 Å². The van der Waals surface area contributed by atoms with Crippen molar-refractivity contribution >= 4 is 17.3 Å². The topological polar surface area (TPSA) is 49.3 Å². The van der Waals surface area contributed by atoms with Crippen LogP contribution in [0.15, 0.2) is 6.08 Å². The third-order valence-electron chi connectivity index (χ3n) is 3.49. The number of hydrogen-bond donors (Lipinski definition) is 1. The number of aliphatic hydroxyl groups excluding tert-OH is 1. The number of nitrogens with zero attached hydrogens (tertiary/aromatic N) is 3. The van der Waals surface area contributed by atoms with E-state index in [0.717, 1.165) is 56.6 Å². The second-order valence-corrected chi connectivity index (χ2v) is 5.94. The Labute approximate surface area is 119 Å². The van der Waals surface area contributed by atoms with Gasteiger partial charge < -0.3 is 10.0 Å². The molecule has 19 heavy (non-hydrogen) atoms. The van der Waals surface area contributed by atoms with Gasteiger partial charge in [-0.1, -0.05) is 12.5 Å². The average Bonchev–Trinajstić information content (AvgIpc) is 2.83. The summed E-state index contributed by atoms with van der Waals surface area (Å²) in [5.74, 6) is 0. The molecule has 4 nitrogen and oxygen atoms in total. The van der Waals surface area contributed by atoms with Gasteiger partial charge in [0.15, 0.2) is 0 Å². The lowest BCUT2D eigenvalue weighted by Crippen LogP contribution is -2.25. The van der Waals surface area contributed by atoms with E-state index in [9.17, 15) is 5.11 Å². The second kappa shape index (κ2) is 7.12. The van der Waals surface area contributed by atoms with Crippen LogP contribution in [0, 0.1) is 0 Å². The van der Waals surface area contributed by atoms with Gasteiger partial charge in [0.25, 0.3) is 0 Å². The highest BCUT2D eigenvalue weighted by Gasteiger charge is 2.16. The van der Waals surface area contributed by atoms with Gasteiger partial charge in [-0.25, -0.2) is 0 Å². The summed E-state index contributed by atoms with van der Waals surface area (Å²) in [5.41, 5.74) is 3.57. The molecule has 0 fully saturated rings. The molecule has 1 aliphatic heterocycles. The first-order chi connectivity index (χ1) is 9.16. The molecule has 0 aliphatic carbocycles. The third-order valence-corrected chi connectivity index (χ3v) is 4.05. The van der Waals surface area contributed by atoms with Crippen molar-refractivity contribution < 1.29 is 5.11 Å². The minimum Gasteiger partial charge on any atom is -0.393 e. The maximum absolute atomic E-state index is 9.26. The van der Waals surface area contributed by atoms with E-state index in [4.69, 9.17) is 0 Å². The van der Waals surface area contributed by atoms with E-state index >= 15 is 0 Å². The van der Waals surface area contributed by atoms with E-state index in [2.05, 4.69) is 26.8 Å². The van der Waals surface area contributed by atoms with Crippen molar-refractivity contribution in [1.29, 1.82) is 0 Å². The Morgan fingerprint density at radius 1 is 1.42 bits per heavy atom. The highest BCUT2D eigenvalue weighted by atomic mass is 32.1. The van der Waals surface area contributed by atoms with Crippen molar-refractivity contribution in [2.75, 3.05) is 20.1 Å². The highest BCUT2D eigenvalue weighted by Crippen LogP contribution is 2.23. The molecule has 0 saturated heterocycles. The molecule has 1 aromatic heterocycles. The van der Waals surface area contributed by atoms with Gasteiger partial charge >= 0.3 is 0 Å². The minimum atomic E-state index is -0.192. The van der Waals surface area contributed by atoms with E-state index in [1.165, 1.54) is 17.3 Å². The summed E-state index contributed by atoms with van der Waals surface area (Å²) < 4.78 is 8.92. The van der Waals surface area contributed by atoms with Gasteiger partial charge in [-0.3, -0.25) is 0 Å². The molecule has 0 saturated carbocycles. The molecule has 1 unspecified atom stereocenters. The summed E-state index contributed by atoms with van der Waals surface area (Å²) in [6, 6.07) is 0. The normalized spacial score (nSPS) is 18.4. The van der Waals surface area contributed by atoms with Crippen LogP contribution in [-0.4, -0.2) is 45.0 Å². The molecule has 1 N–H and O–H groups in total. The molecular weight excluding hydrogens is 258 g/mol. The maximum Gasteiger partial charge on any atom is 0.104 e. The van der Waals surface area contributed by atoms with E-state index in [1.807, 2.05) is 6.92 Å². The van der Waals surface area contributed by atoms with Crippen LogP contribution in [0.25, 0.3) is 5.57 Å². The van der Waals surface area contributed by atoms with Gasteiger partial charge in [-0.2, -0.15) is 8.75 Å². The fourth-order valence-corrected chi connectivity index (χ4v) is 3.03. The lowest BCUT2D eigenvalue weighted by molar-refractivity contribution is 0.180. The highest BCUT2D eigenvalue weighted by molar-refractivity contribution is 6.99. The summed E-state index contributed by atoms with van der Waals surface area (Å²) in [4.78, 5) is 2.33. The zero-order chi connectivity index (χ0) is 13.7. The molecule has 1 atom stereocenters. The molecule has 0 spiro atoms. The SMILES string of the molecule is CC(O)CCCCc1nsnc1C1=CCCN(C)C1. The number of aromatic nitrogens is 2. The lowest BCUT2D eigenvalue weighted by atomic mass is 10.0. The van der Waals surface area contributed by atoms with Crippen LogP contribution < -0.4 is 0 Å². The molecule has 0 amide bonds. The van der Waals surface area contributed by atoms with Crippen LogP contribution in [0.5, 0.6) is 0 Å². The number of aliphatic hydroxyl groups is 1. The number of likely N-dealkylation sites (N-methyl/N-ethyl adjacent to an activating group) is 1. The number of rotatable bonds is 6. The van der Waals surface area contributed by atoms with Crippen molar-refractivity contribution in [3.8, 4) is 0 Å². The molecule has 0 aromatic carbocycles. The fourth-order valence-electron chi connectivity index (χ4n) is 2.41. The summed E-state index contributed by atoms with van der Waals surface area (Å²) >= 11 is 1.32. The Balaban J connectivity index is 1.92. The largest absolute Gasteiger partial charge is 0.393 e. The Bertz CT molecular complexity index is 428. The molecule has 1 aromatic rings. The van der Waals surface area contributed by atoms with Gasteiger partial charge in [-0.15, -0.1) is 0 Å². The lowest BCUT2D eigenvalue weighted by Gasteiger charge is -2.22. The van der Waals surface area contributed by atoms with Crippen molar-refractivity contribution in [2.45, 2.75) is 45.1 Å². The van der Waals surface area contributed by atoms with Crippen LogP contribution in [0.4, 0.5) is 0 Å². The monoisotopic (exact) mass is 281 g/mol. The van der Waals surface area contributed by atoms with Crippen LogP contribution in [0.2, 0.25) is 0 Å². The Morgan fingerprint density at radius 3 is 3.00 bits per heavy atom. The van der Waals surface area contributed by atoms with Crippen LogP contribution in [0.3, 0.4) is 0 Å². The average molecular weight is 281 g/mol. The first-order valence-electron chi connectivity index (χ1n) is 7.04. The van der Waals surface area contributed by atoms with Crippen molar-refractivity contribution in [3.63, 3.8) is 0 Å². The quantitative estimate of drug-likeness (QED) is 0.813. The van der Waals surface area contributed by atoms with Crippen molar-refractivity contribution in [1.82, 2.24) is 13.6 Å². The zero-order valence-electron chi connectivity index (χ0n) is 11.8. The van der Waals surface area contributed by atoms with Crippen molar-refractivity contribution in [2.24, 2.45) is 0 Å². The summed E-state index contributed by atoms with van der Waals surface area (Å²) in [6.07, 6.45) is 7.18. The van der Waals surface area contributed by atoms with Crippen LogP contribution in [0.1, 0.15) is 44.0 Å². The van der Waals surface area contributed by atoms with Gasteiger partial charge in [0.05, 0.1) is 23.5 Å². The molecule has 2 heterocycles.